The topological polar surface area (TPSA) is 60.2 Å². The molecular formula is C17H16Cl2N4O2S. The molecule has 0 spiro atoms. The lowest BCUT2D eigenvalue weighted by atomic mass is 10.2. The predicted octanol–water partition coefficient (Wildman–Crippen LogP) is 3.43. The molecule has 2 aromatic heterocycles. The van der Waals surface area contributed by atoms with Crippen molar-refractivity contribution in [3.05, 3.63) is 50.5 Å². The van der Waals surface area contributed by atoms with Gasteiger partial charge in [0.15, 0.2) is 10.8 Å². The number of benzene rings is 1. The van der Waals surface area contributed by atoms with Crippen LogP contribution in [0.4, 0.5) is 5.13 Å². The van der Waals surface area contributed by atoms with Crippen molar-refractivity contribution >= 4 is 50.0 Å². The Morgan fingerprint density at radius 1 is 1.38 bits per heavy atom. The Balaban J connectivity index is 1.75. The molecule has 4 rings (SSSR count). The van der Waals surface area contributed by atoms with E-state index in [9.17, 15) is 4.79 Å². The normalized spacial score (nSPS) is 17.8. The number of ether oxygens (including phenoxy) is 1. The quantitative estimate of drug-likeness (QED) is 0.661. The van der Waals surface area contributed by atoms with E-state index in [1.54, 1.807) is 6.07 Å². The second kappa shape index (κ2) is 7.15. The van der Waals surface area contributed by atoms with Crippen molar-refractivity contribution in [3.63, 3.8) is 0 Å². The Morgan fingerprint density at radius 3 is 3.04 bits per heavy atom. The molecule has 6 nitrogen and oxygen atoms in total. The number of aromatic nitrogens is 3. The molecule has 1 saturated heterocycles. The third kappa shape index (κ3) is 3.32. The Morgan fingerprint density at radius 2 is 2.23 bits per heavy atom. The maximum atomic E-state index is 12.2. The van der Waals surface area contributed by atoms with Crippen molar-refractivity contribution in [2.45, 2.75) is 19.6 Å². The lowest BCUT2D eigenvalue weighted by molar-refractivity contribution is 0.0532. The fourth-order valence-electron chi connectivity index (χ4n) is 2.97. The number of nitrogens with zero attached hydrogens (tertiary/aromatic N) is 4. The molecule has 1 unspecified atom stereocenters. The van der Waals surface area contributed by atoms with Crippen molar-refractivity contribution in [3.8, 4) is 0 Å². The first kappa shape index (κ1) is 17.7. The first-order chi connectivity index (χ1) is 12.5. The molecule has 1 aromatic carbocycles. The summed E-state index contributed by atoms with van der Waals surface area (Å²) in [5.74, 6) is 0. The van der Waals surface area contributed by atoms with Crippen LogP contribution in [0.5, 0.6) is 0 Å². The van der Waals surface area contributed by atoms with Gasteiger partial charge >= 0.3 is 0 Å². The van der Waals surface area contributed by atoms with Gasteiger partial charge < -0.3 is 14.2 Å². The Labute approximate surface area is 164 Å². The van der Waals surface area contributed by atoms with Crippen LogP contribution in [-0.4, -0.2) is 40.3 Å². The van der Waals surface area contributed by atoms with Gasteiger partial charge in [-0.05, 0) is 18.6 Å². The monoisotopic (exact) mass is 410 g/mol. The van der Waals surface area contributed by atoms with Crippen LogP contribution < -0.4 is 10.5 Å². The van der Waals surface area contributed by atoms with Crippen LogP contribution in [0.1, 0.15) is 12.5 Å². The van der Waals surface area contributed by atoms with Crippen LogP contribution in [-0.2, 0) is 11.3 Å². The summed E-state index contributed by atoms with van der Waals surface area (Å²) in [5, 5.41) is 1.81. The summed E-state index contributed by atoms with van der Waals surface area (Å²) in [6.45, 7) is 4.62. The predicted molar refractivity (Wildman–Crippen MR) is 105 cm³/mol. The van der Waals surface area contributed by atoms with Crippen LogP contribution in [0.15, 0.2) is 29.3 Å². The van der Waals surface area contributed by atoms with Crippen molar-refractivity contribution in [1.29, 1.82) is 0 Å². The van der Waals surface area contributed by atoms with Gasteiger partial charge in [-0.15, -0.1) is 0 Å². The average Bonchev–Trinajstić information content (AvgIpc) is 3.08. The molecule has 9 heteroatoms. The molecule has 3 heterocycles. The summed E-state index contributed by atoms with van der Waals surface area (Å²) in [6, 6.07) is 5.49. The van der Waals surface area contributed by atoms with E-state index >= 15 is 0 Å². The van der Waals surface area contributed by atoms with Gasteiger partial charge in [0, 0.05) is 13.1 Å². The van der Waals surface area contributed by atoms with Gasteiger partial charge in [-0.1, -0.05) is 46.7 Å². The fourth-order valence-corrected chi connectivity index (χ4v) is 4.35. The average molecular weight is 411 g/mol. The van der Waals surface area contributed by atoms with E-state index in [2.05, 4.69) is 9.88 Å². The van der Waals surface area contributed by atoms with Gasteiger partial charge in [0.25, 0.3) is 5.56 Å². The fraction of sp³-hybridized carbons (Fsp3) is 0.353. The number of fused-ring (bicyclic) bond motifs is 1. The summed E-state index contributed by atoms with van der Waals surface area (Å²) in [7, 11) is 0. The van der Waals surface area contributed by atoms with E-state index in [0.717, 1.165) is 23.8 Å². The highest BCUT2D eigenvalue weighted by Gasteiger charge is 2.22. The zero-order chi connectivity index (χ0) is 18.3. The smallest absolute Gasteiger partial charge is 0.292 e. The third-order valence-electron chi connectivity index (χ3n) is 4.26. The van der Waals surface area contributed by atoms with Gasteiger partial charge in [-0.2, -0.15) is 4.98 Å². The van der Waals surface area contributed by atoms with Crippen LogP contribution in [0.25, 0.3) is 10.3 Å². The van der Waals surface area contributed by atoms with Gasteiger partial charge in [0.2, 0.25) is 0 Å². The maximum Gasteiger partial charge on any atom is 0.292 e. The Kier molecular flexibility index (Phi) is 4.88. The lowest BCUT2D eigenvalue weighted by Gasteiger charge is -2.30. The number of thiazole rings is 1. The van der Waals surface area contributed by atoms with Crippen molar-refractivity contribution in [1.82, 2.24) is 14.5 Å². The van der Waals surface area contributed by atoms with Gasteiger partial charge in [0.05, 0.1) is 29.3 Å². The summed E-state index contributed by atoms with van der Waals surface area (Å²) >= 11 is 13.8. The molecule has 0 amide bonds. The van der Waals surface area contributed by atoms with E-state index in [1.807, 2.05) is 23.6 Å². The highest BCUT2D eigenvalue weighted by molar-refractivity contribution is 7.22. The largest absolute Gasteiger partial charge is 0.375 e. The van der Waals surface area contributed by atoms with Gasteiger partial charge in [-0.3, -0.25) is 4.79 Å². The first-order valence-corrected chi connectivity index (χ1v) is 9.75. The lowest BCUT2D eigenvalue weighted by Crippen LogP contribution is -2.41. The molecule has 1 atom stereocenters. The molecule has 0 aliphatic carbocycles. The molecule has 1 aliphatic heterocycles. The standard InChI is InChI=1S/C17H16Cl2N4O2S/c1-10-7-22(5-6-25-10)17-21-15-14(26-17)16(24)20-9-23(15)8-11-3-2-4-12(18)13(11)19/h2-4,9-10H,5-8H2,1H3. The zero-order valence-electron chi connectivity index (χ0n) is 14.0. The molecule has 1 aliphatic rings. The van der Waals surface area contributed by atoms with Crippen LogP contribution in [0, 0.1) is 0 Å². The molecule has 1 fully saturated rings. The van der Waals surface area contributed by atoms with E-state index in [-0.39, 0.29) is 11.7 Å². The van der Waals surface area contributed by atoms with Crippen LogP contribution in [0.2, 0.25) is 10.0 Å². The third-order valence-corrected chi connectivity index (χ3v) is 6.21. The minimum absolute atomic E-state index is 0.137. The van der Waals surface area contributed by atoms with Crippen molar-refractivity contribution in [2.24, 2.45) is 0 Å². The number of morpholine rings is 1. The minimum Gasteiger partial charge on any atom is -0.375 e. The second-order valence-corrected chi connectivity index (χ2v) is 7.93. The highest BCUT2D eigenvalue weighted by Crippen LogP contribution is 2.30. The number of hydrogen-bond donors (Lipinski definition) is 0. The molecule has 3 aromatic rings. The molecule has 0 saturated carbocycles. The molecule has 0 bridgehead atoms. The van der Waals surface area contributed by atoms with Crippen LogP contribution in [0.3, 0.4) is 0 Å². The first-order valence-electron chi connectivity index (χ1n) is 8.18. The number of anilines is 1. The van der Waals surface area contributed by atoms with Crippen LogP contribution >= 0.6 is 34.5 Å². The molecule has 0 N–H and O–H groups in total. The van der Waals surface area contributed by atoms with Crippen molar-refractivity contribution in [2.75, 3.05) is 24.6 Å². The summed E-state index contributed by atoms with van der Waals surface area (Å²) in [5.41, 5.74) is 1.19. The second-order valence-electron chi connectivity index (χ2n) is 6.17. The molecule has 26 heavy (non-hydrogen) atoms. The highest BCUT2D eigenvalue weighted by atomic mass is 35.5. The summed E-state index contributed by atoms with van der Waals surface area (Å²) < 4.78 is 7.96. The zero-order valence-corrected chi connectivity index (χ0v) is 16.3. The SMILES string of the molecule is CC1CN(c2nc3c(s2)c(=O)ncn3Cc2cccc(Cl)c2Cl)CCO1. The number of hydrogen-bond acceptors (Lipinski definition) is 6. The van der Waals surface area contributed by atoms with E-state index in [0.29, 0.717) is 33.5 Å². The van der Waals surface area contributed by atoms with Crippen molar-refractivity contribution < 1.29 is 4.74 Å². The van der Waals surface area contributed by atoms with E-state index in [1.165, 1.54) is 17.7 Å². The maximum absolute atomic E-state index is 12.2. The van der Waals surface area contributed by atoms with E-state index < -0.39 is 0 Å². The summed E-state index contributed by atoms with van der Waals surface area (Å²) in [4.78, 5) is 23.1. The Hall–Kier alpha value is -1.67. The molecular weight excluding hydrogens is 395 g/mol. The summed E-state index contributed by atoms with van der Waals surface area (Å²) in [6.07, 6.45) is 1.64. The Bertz CT molecular complexity index is 1020. The molecule has 136 valence electrons. The molecule has 0 radical (unpaired) electrons. The van der Waals surface area contributed by atoms with Gasteiger partial charge in [0.1, 0.15) is 11.0 Å². The minimum atomic E-state index is -0.265. The van der Waals surface area contributed by atoms with E-state index in [4.69, 9.17) is 32.9 Å². The van der Waals surface area contributed by atoms with Gasteiger partial charge in [-0.25, -0.2) is 4.98 Å². The number of rotatable bonds is 3. The number of halogens is 2.